The zero-order valence-corrected chi connectivity index (χ0v) is 49.2. The molecule has 0 radical (unpaired) electrons. The highest BCUT2D eigenvalue weighted by molar-refractivity contribution is 7.80. The molecule has 9 N–H and O–H groups in total. The summed E-state index contributed by atoms with van der Waals surface area (Å²) in [6.45, 7) is 9.61. The number of amides is 1. The van der Waals surface area contributed by atoms with E-state index >= 15 is 0 Å². The molecule has 2 unspecified atom stereocenters. The maximum atomic E-state index is 13.6. The third-order valence-corrected chi connectivity index (χ3v) is 19.3. The van der Waals surface area contributed by atoms with Crippen molar-refractivity contribution in [3.63, 3.8) is 0 Å². The fourth-order valence-electron chi connectivity index (χ4n) is 15.4. The Labute approximate surface area is 522 Å². The maximum Gasteiger partial charge on any atom is 0.242 e. The Balaban J connectivity index is 0.000000229. The Kier molecular flexibility index (Phi) is 18.9. The number of nitrogens with one attached hydrogen (secondary N) is 3. The highest BCUT2D eigenvalue weighted by Crippen LogP contribution is 2.60. The van der Waals surface area contributed by atoms with Crippen LogP contribution in [0.5, 0.6) is 57.5 Å². The van der Waals surface area contributed by atoms with E-state index in [4.69, 9.17) is 46.4 Å². The van der Waals surface area contributed by atoms with Crippen LogP contribution >= 0.6 is 12.2 Å². The third kappa shape index (κ3) is 10.0. The van der Waals surface area contributed by atoms with Crippen LogP contribution < -0.4 is 50.1 Å². The van der Waals surface area contributed by atoms with Gasteiger partial charge in [0.25, 0.3) is 0 Å². The van der Waals surface area contributed by atoms with Crippen molar-refractivity contribution >= 4 is 28.9 Å². The number of rotatable bonds is 8. The number of hydrogen-bond donors (Lipinski definition) is 8. The molecule has 2 saturated heterocycles. The molecule has 5 aromatic rings. The zero-order valence-electron chi connectivity index (χ0n) is 48.4. The van der Waals surface area contributed by atoms with Gasteiger partial charge in [-0.3, -0.25) is 24.4 Å². The Morgan fingerprint density at radius 1 is 0.670 bits per heavy atom. The van der Waals surface area contributed by atoms with Crippen molar-refractivity contribution in [3.8, 4) is 69.6 Å². The largest absolute Gasteiger partial charge is 0.507 e. The SMILES string of the molecule is C.C.C.C.COc1c(C)cc2c(c1O)[C@@H]1C3Cc4c(O)c(C)c5c(c4[C@H](CN)N3[C@@H](C#N)[C@H](C2)N1C)OCO5.COc1c(C)cc2c(c1O)[C@@H]1C3Cc4c(O)c(C)c5c(c4[C@H](CNC(=O)[C@@H](C)NC(=S)Nc4ccccc4)N3[C@@H](C#N)[C@H](C2)N1C)OCO5. The van der Waals surface area contributed by atoms with Gasteiger partial charge in [-0.15, -0.1) is 0 Å². The molecular formula is C66H86N10O11S. The molecule has 5 aromatic carbocycles. The van der Waals surface area contributed by atoms with Gasteiger partial charge in [-0.2, -0.15) is 10.5 Å². The Bertz CT molecular complexity index is 3630. The molecule has 8 aliphatic rings. The molecule has 4 bridgehead atoms. The second-order valence-electron chi connectivity index (χ2n) is 23.2. The van der Waals surface area contributed by atoms with E-state index in [0.29, 0.717) is 87.5 Å². The van der Waals surface area contributed by atoms with Gasteiger partial charge < -0.3 is 70.5 Å². The Morgan fingerprint density at radius 2 is 1.10 bits per heavy atom. The molecule has 13 rings (SSSR count). The summed E-state index contributed by atoms with van der Waals surface area (Å²) in [4.78, 5) is 22.3. The van der Waals surface area contributed by atoms with Crippen molar-refractivity contribution in [2.24, 2.45) is 5.73 Å². The summed E-state index contributed by atoms with van der Waals surface area (Å²) in [7, 11) is 7.11. The number of ether oxygens (including phenoxy) is 6. The Morgan fingerprint density at radius 3 is 1.53 bits per heavy atom. The molecule has 0 aliphatic carbocycles. The molecule has 21 nitrogen and oxygen atoms in total. The van der Waals surface area contributed by atoms with E-state index in [0.717, 1.165) is 50.2 Å². The van der Waals surface area contributed by atoms with Gasteiger partial charge in [0.05, 0.1) is 50.5 Å². The van der Waals surface area contributed by atoms with E-state index in [9.17, 15) is 35.7 Å². The van der Waals surface area contributed by atoms with Crippen molar-refractivity contribution in [2.45, 2.75) is 156 Å². The minimum Gasteiger partial charge on any atom is -0.507 e. The molecule has 0 aromatic heterocycles. The monoisotopic (exact) mass is 1230 g/mol. The summed E-state index contributed by atoms with van der Waals surface area (Å²) < 4.78 is 34.6. The number of aromatic hydroxyl groups is 4. The van der Waals surface area contributed by atoms with Crippen molar-refractivity contribution < 1.29 is 53.6 Å². The number of aryl methyl sites for hydroxylation is 2. The van der Waals surface area contributed by atoms with Crippen LogP contribution in [-0.4, -0.2) is 148 Å². The molecule has 22 heteroatoms. The number of carbonyl (C=O) groups excluding carboxylic acids is 1. The number of nitrogens with zero attached hydrogens (tertiary/aromatic N) is 6. The zero-order chi connectivity index (χ0) is 59.5. The van der Waals surface area contributed by atoms with Crippen LogP contribution in [0.25, 0.3) is 0 Å². The van der Waals surface area contributed by atoms with Crippen molar-refractivity contribution in [1.82, 2.24) is 30.2 Å². The first kappa shape index (κ1) is 66.0. The van der Waals surface area contributed by atoms with Crippen LogP contribution in [0.3, 0.4) is 0 Å². The van der Waals surface area contributed by atoms with Gasteiger partial charge in [-0.05, 0) is 121 Å². The highest BCUT2D eigenvalue weighted by atomic mass is 32.1. The number of phenolic OH excluding ortho intramolecular Hbond substituents is 4. The van der Waals surface area contributed by atoms with Crippen molar-refractivity contribution in [1.29, 1.82) is 10.5 Å². The predicted molar refractivity (Wildman–Crippen MR) is 340 cm³/mol. The third-order valence-electron chi connectivity index (χ3n) is 19.0. The molecule has 8 heterocycles. The molecule has 88 heavy (non-hydrogen) atoms. The number of anilines is 1. The highest BCUT2D eigenvalue weighted by Gasteiger charge is 2.59. The molecule has 0 saturated carbocycles. The maximum absolute atomic E-state index is 13.6. The second kappa shape index (κ2) is 25.3. The second-order valence-corrected chi connectivity index (χ2v) is 23.6. The smallest absolute Gasteiger partial charge is 0.242 e. The first-order valence-electron chi connectivity index (χ1n) is 28.3. The molecule has 472 valence electrons. The fourth-order valence-corrected chi connectivity index (χ4v) is 15.7. The number of fused-ring (bicyclic) bond motifs is 18. The van der Waals surface area contributed by atoms with E-state index < -0.39 is 24.2 Å². The van der Waals surface area contributed by atoms with Gasteiger partial charge in [0.1, 0.15) is 29.6 Å². The fraction of sp³-hybridized carbons (Fsp3) is 0.485. The summed E-state index contributed by atoms with van der Waals surface area (Å²) in [5.41, 5.74) is 16.7. The number of para-hydroxylation sites is 1. The Hall–Kier alpha value is -7.96. The number of hydrogen-bond acceptors (Lipinski definition) is 19. The van der Waals surface area contributed by atoms with Crippen molar-refractivity contribution in [2.75, 3.05) is 60.3 Å². The van der Waals surface area contributed by atoms with Gasteiger partial charge in [-0.25, -0.2) is 0 Å². The average Bonchev–Trinajstić information content (AvgIpc) is 0.892. The number of phenols is 4. The number of likely N-dealkylation sites (N-methyl/N-ethyl adjacent to an activating group) is 2. The summed E-state index contributed by atoms with van der Waals surface area (Å²) in [6.07, 6.45) is 2.01. The lowest BCUT2D eigenvalue weighted by molar-refractivity contribution is -0.123. The normalized spacial score (nSPS) is 24.8. The quantitative estimate of drug-likeness (QED) is 0.0677. The van der Waals surface area contributed by atoms with Crippen LogP contribution in [0.2, 0.25) is 0 Å². The number of nitrogens with two attached hydrogens (primary N) is 1. The minimum absolute atomic E-state index is 0. The van der Waals surface area contributed by atoms with E-state index in [1.807, 2.05) is 71.3 Å². The van der Waals surface area contributed by atoms with Gasteiger partial charge in [0, 0.05) is 87.5 Å². The van der Waals surface area contributed by atoms with Crippen LogP contribution in [0, 0.1) is 50.4 Å². The first-order chi connectivity index (χ1) is 40.4. The standard InChI is InChI=1S/C36H40N6O6S.C26H30N4O5.4CH4/c1-17-11-20-12-23-25(14-37)42-24(29(41(23)4)27(20)31(44)32(17)46-5)13-22-28(34-33(47-16-48-34)18(2)30(22)43)26(42)15-38-35(45)19(3)39-36(49)40-21-9-7-6-8-10-21;1-11-5-13-6-15-17(8-27)30-16(21(29(15)3)19(13)23(32)24(11)33-4)7-14-20(18(30)9-28)26-25(34-10-35-26)12(2)22(14)31;;;;/h6-11,19,23-26,29,43-44H,12-13,15-16H2,1-5H3,(H,38,45)(H2,39,40,49);5,15-18,21,31-32H,6-7,9-10,28H2,1-4H3;4*1H4/t19-,23+,24?,25+,26+,29+;15-,16?,17-,18-,21-;;;;/m10..../s1. The topological polar surface area (TPSA) is 276 Å². The van der Waals surface area contributed by atoms with Gasteiger partial charge >= 0.3 is 0 Å². The van der Waals surface area contributed by atoms with E-state index in [2.05, 4.69) is 53.8 Å². The molecular weight excluding hydrogens is 1140 g/mol. The molecule has 11 atom stereocenters. The lowest BCUT2D eigenvalue weighted by atomic mass is 9.71. The lowest BCUT2D eigenvalue weighted by Gasteiger charge is -2.60. The van der Waals surface area contributed by atoms with Gasteiger partial charge in [0.2, 0.25) is 19.5 Å². The molecule has 8 aliphatic heterocycles. The van der Waals surface area contributed by atoms with E-state index in [1.165, 1.54) is 0 Å². The van der Waals surface area contributed by atoms with Crippen LogP contribution in [-0.2, 0) is 30.5 Å². The minimum atomic E-state index is -0.683. The van der Waals surface area contributed by atoms with Gasteiger partial charge in [-0.1, -0.05) is 60.0 Å². The van der Waals surface area contributed by atoms with Crippen LogP contribution in [0.15, 0.2) is 42.5 Å². The lowest BCUT2D eigenvalue weighted by Crippen LogP contribution is -2.68. The predicted octanol–water partition coefficient (Wildman–Crippen LogP) is 8.44. The molecule has 0 spiro atoms. The van der Waals surface area contributed by atoms with Crippen molar-refractivity contribution in [3.05, 3.63) is 109 Å². The summed E-state index contributed by atoms with van der Waals surface area (Å²) in [5, 5.41) is 76.7. The number of piperazine rings is 2. The first-order valence-corrected chi connectivity index (χ1v) is 28.7. The summed E-state index contributed by atoms with van der Waals surface area (Å²) in [6, 6.07) is 14.7. The van der Waals surface area contributed by atoms with Crippen LogP contribution in [0.4, 0.5) is 5.69 Å². The average molecular weight is 1230 g/mol. The summed E-state index contributed by atoms with van der Waals surface area (Å²) in [5.74, 6) is 3.25. The number of methoxy groups -OCH3 is 2. The number of thiocarbonyl (C=S) groups is 1. The number of benzene rings is 5. The molecule has 1 amide bonds. The number of carbonyl (C=O) groups is 1. The number of nitriles is 2. The van der Waals surface area contributed by atoms with Crippen LogP contribution in [0.1, 0.15) is 128 Å². The summed E-state index contributed by atoms with van der Waals surface area (Å²) >= 11 is 5.47. The van der Waals surface area contributed by atoms with Gasteiger partial charge in [0.15, 0.2) is 51.1 Å². The molecule has 2 fully saturated rings. The van der Waals surface area contributed by atoms with E-state index in [1.54, 1.807) is 28.1 Å². The van der Waals surface area contributed by atoms with E-state index in [-0.39, 0.29) is 128 Å².